The lowest BCUT2D eigenvalue weighted by atomic mass is 10.2. The zero-order valence-corrected chi connectivity index (χ0v) is 12.9. The number of aromatic amines is 2. The Balaban J connectivity index is 1.97. The van der Waals surface area contributed by atoms with Crippen molar-refractivity contribution in [3.8, 4) is 11.8 Å². The van der Waals surface area contributed by atoms with Crippen LogP contribution >= 0.6 is 15.9 Å². The van der Waals surface area contributed by atoms with E-state index >= 15 is 0 Å². The molecule has 1 aromatic carbocycles. The molecule has 2 nitrogen and oxygen atoms in total. The van der Waals surface area contributed by atoms with Crippen LogP contribution in [0.2, 0.25) is 0 Å². The maximum Gasteiger partial charge on any atom is 0.0908 e. The van der Waals surface area contributed by atoms with Crippen LogP contribution in [0.4, 0.5) is 0 Å². The molecule has 2 aromatic heterocycles. The van der Waals surface area contributed by atoms with Crippen LogP contribution in [0.15, 0.2) is 48.0 Å². The van der Waals surface area contributed by atoms with Gasteiger partial charge in [-0.3, -0.25) is 0 Å². The van der Waals surface area contributed by atoms with Gasteiger partial charge >= 0.3 is 0 Å². The molecule has 0 atom stereocenters. The fraction of sp³-hybridized carbons (Fsp3) is 0. The summed E-state index contributed by atoms with van der Waals surface area (Å²) in [6.07, 6.45) is 3.56. The quantitative estimate of drug-likeness (QED) is 0.621. The standard InChI is InChI=1S/C18H13BrN2/c1-3-12-9-15(20-17(12)4-2)7-8-16-10-13-5-6-14(19)11-18(13)21-16/h3-6,9-11,20-21H,1-2H2. The summed E-state index contributed by atoms with van der Waals surface area (Å²) in [7, 11) is 0. The second kappa shape index (κ2) is 5.51. The average Bonchev–Trinajstić information content (AvgIpc) is 3.07. The van der Waals surface area contributed by atoms with Crippen LogP contribution in [0.1, 0.15) is 22.6 Å². The van der Waals surface area contributed by atoms with E-state index < -0.39 is 0 Å². The number of fused-ring (bicyclic) bond motifs is 1. The minimum Gasteiger partial charge on any atom is -0.348 e. The second-order valence-corrected chi connectivity index (χ2v) is 5.54. The molecular formula is C18H13BrN2. The first-order valence-electron chi connectivity index (χ1n) is 6.48. The maximum absolute atomic E-state index is 3.78. The Morgan fingerprint density at radius 3 is 2.38 bits per heavy atom. The normalized spacial score (nSPS) is 10.1. The second-order valence-electron chi connectivity index (χ2n) is 4.62. The summed E-state index contributed by atoms with van der Waals surface area (Å²) in [6.45, 7) is 7.55. The fourth-order valence-electron chi connectivity index (χ4n) is 2.19. The third kappa shape index (κ3) is 2.72. The summed E-state index contributed by atoms with van der Waals surface area (Å²) in [5.41, 5.74) is 4.75. The minimum atomic E-state index is 0.847. The third-order valence-corrected chi connectivity index (χ3v) is 3.71. The topological polar surface area (TPSA) is 31.6 Å². The molecule has 21 heavy (non-hydrogen) atoms. The summed E-state index contributed by atoms with van der Waals surface area (Å²) in [4.78, 5) is 6.51. The molecule has 2 N–H and O–H groups in total. The van der Waals surface area contributed by atoms with Crippen LogP contribution in [0.25, 0.3) is 23.1 Å². The number of hydrogen-bond donors (Lipinski definition) is 2. The van der Waals surface area contributed by atoms with E-state index in [1.54, 1.807) is 12.2 Å². The first-order chi connectivity index (χ1) is 10.2. The molecule has 0 aliphatic heterocycles. The molecule has 0 amide bonds. The molecule has 3 aromatic rings. The Labute approximate surface area is 131 Å². The molecule has 0 spiro atoms. The van der Waals surface area contributed by atoms with Crippen molar-refractivity contribution in [3.63, 3.8) is 0 Å². The molecule has 0 bridgehead atoms. The van der Waals surface area contributed by atoms with E-state index in [1.165, 1.54) is 0 Å². The van der Waals surface area contributed by atoms with Crippen molar-refractivity contribution in [1.82, 2.24) is 9.97 Å². The van der Waals surface area contributed by atoms with Crippen molar-refractivity contribution in [2.45, 2.75) is 0 Å². The van der Waals surface area contributed by atoms with Crippen LogP contribution in [0.3, 0.4) is 0 Å². The zero-order chi connectivity index (χ0) is 14.8. The van der Waals surface area contributed by atoms with Gasteiger partial charge in [0.15, 0.2) is 0 Å². The van der Waals surface area contributed by atoms with Crippen molar-refractivity contribution < 1.29 is 0 Å². The monoisotopic (exact) mass is 336 g/mol. The highest BCUT2D eigenvalue weighted by Crippen LogP contribution is 2.20. The molecule has 0 unspecified atom stereocenters. The van der Waals surface area contributed by atoms with Gasteiger partial charge in [0, 0.05) is 26.6 Å². The molecule has 0 saturated carbocycles. The average molecular weight is 337 g/mol. The van der Waals surface area contributed by atoms with Gasteiger partial charge in [-0.05, 0) is 42.2 Å². The first-order valence-corrected chi connectivity index (χ1v) is 7.27. The smallest absolute Gasteiger partial charge is 0.0908 e. The molecule has 0 aliphatic carbocycles. The molecule has 0 aliphatic rings. The van der Waals surface area contributed by atoms with E-state index in [-0.39, 0.29) is 0 Å². The SMILES string of the molecule is C=Cc1cc(C#Cc2cc3ccc(Br)cc3[nH]2)[nH]c1C=C. The van der Waals surface area contributed by atoms with Gasteiger partial charge in [-0.1, -0.05) is 41.2 Å². The Kier molecular flexibility index (Phi) is 3.55. The number of rotatable bonds is 2. The van der Waals surface area contributed by atoms with Crippen molar-refractivity contribution >= 4 is 39.0 Å². The van der Waals surface area contributed by atoms with Crippen molar-refractivity contribution in [3.05, 3.63) is 70.6 Å². The van der Waals surface area contributed by atoms with E-state index in [1.807, 2.05) is 24.3 Å². The van der Waals surface area contributed by atoms with Crippen LogP contribution in [0.5, 0.6) is 0 Å². The van der Waals surface area contributed by atoms with Crippen LogP contribution in [0, 0.1) is 11.8 Å². The summed E-state index contributed by atoms with van der Waals surface area (Å²) in [5, 5.41) is 1.15. The Hall–Kier alpha value is -2.44. The van der Waals surface area contributed by atoms with E-state index in [9.17, 15) is 0 Å². The van der Waals surface area contributed by atoms with Gasteiger partial charge in [-0.25, -0.2) is 0 Å². The van der Waals surface area contributed by atoms with Crippen LogP contribution in [-0.2, 0) is 0 Å². The molecular weight excluding hydrogens is 324 g/mol. The van der Waals surface area contributed by atoms with Gasteiger partial charge in [0.2, 0.25) is 0 Å². The summed E-state index contributed by atoms with van der Waals surface area (Å²) in [5.74, 6) is 6.26. The predicted molar refractivity (Wildman–Crippen MR) is 93.0 cm³/mol. The summed E-state index contributed by atoms with van der Waals surface area (Å²) >= 11 is 3.46. The highest BCUT2D eigenvalue weighted by molar-refractivity contribution is 9.10. The molecule has 102 valence electrons. The number of H-pyrrole nitrogens is 2. The zero-order valence-electron chi connectivity index (χ0n) is 11.3. The van der Waals surface area contributed by atoms with E-state index in [4.69, 9.17) is 0 Å². The minimum absolute atomic E-state index is 0.847. The molecule has 3 heteroatoms. The fourth-order valence-corrected chi connectivity index (χ4v) is 2.55. The van der Waals surface area contributed by atoms with Gasteiger partial charge in [-0.15, -0.1) is 0 Å². The number of benzene rings is 1. The lowest BCUT2D eigenvalue weighted by Gasteiger charge is -1.89. The highest BCUT2D eigenvalue weighted by Gasteiger charge is 2.01. The number of hydrogen-bond acceptors (Lipinski definition) is 0. The van der Waals surface area contributed by atoms with E-state index in [2.05, 4.69) is 57.0 Å². The Morgan fingerprint density at radius 2 is 1.71 bits per heavy atom. The molecule has 3 rings (SSSR count). The highest BCUT2D eigenvalue weighted by atomic mass is 79.9. The van der Waals surface area contributed by atoms with Gasteiger partial charge < -0.3 is 9.97 Å². The van der Waals surface area contributed by atoms with E-state index in [0.29, 0.717) is 0 Å². The maximum atomic E-state index is 3.78. The Morgan fingerprint density at radius 1 is 0.952 bits per heavy atom. The molecule has 2 heterocycles. The number of nitrogens with one attached hydrogen (secondary N) is 2. The molecule has 0 saturated heterocycles. The van der Waals surface area contributed by atoms with Crippen LogP contribution < -0.4 is 0 Å². The van der Waals surface area contributed by atoms with Gasteiger partial charge in [0.25, 0.3) is 0 Å². The lowest BCUT2D eigenvalue weighted by molar-refractivity contribution is 1.33. The first kappa shape index (κ1) is 13.5. The number of aromatic nitrogens is 2. The third-order valence-electron chi connectivity index (χ3n) is 3.22. The van der Waals surface area contributed by atoms with Crippen LogP contribution in [-0.4, -0.2) is 9.97 Å². The molecule has 0 fully saturated rings. The van der Waals surface area contributed by atoms with E-state index in [0.717, 1.165) is 38.0 Å². The van der Waals surface area contributed by atoms with Gasteiger partial charge in [0.05, 0.1) is 11.4 Å². The lowest BCUT2D eigenvalue weighted by Crippen LogP contribution is -1.76. The van der Waals surface area contributed by atoms with Gasteiger partial charge in [-0.2, -0.15) is 0 Å². The summed E-state index contributed by atoms with van der Waals surface area (Å²) < 4.78 is 1.05. The summed E-state index contributed by atoms with van der Waals surface area (Å²) in [6, 6.07) is 10.1. The molecule has 0 radical (unpaired) electrons. The largest absolute Gasteiger partial charge is 0.348 e. The number of halogens is 1. The van der Waals surface area contributed by atoms with Crippen molar-refractivity contribution in [1.29, 1.82) is 0 Å². The van der Waals surface area contributed by atoms with Gasteiger partial charge in [0.1, 0.15) is 0 Å². The van der Waals surface area contributed by atoms with Crippen molar-refractivity contribution in [2.75, 3.05) is 0 Å². The Bertz CT molecular complexity index is 875. The van der Waals surface area contributed by atoms with Crippen molar-refractivity contribution in [2.24, 2.45) is 0 Å². The predicted octanol–water partition coefficient (Wildman–Crippen LogP) is 4.94.